The molecule has 0 saturated heterocycles. The van der Waals surface area contributed by atoms with Crippen molar-refractivity contribution in [1.29, 1.82) is 0 Å². The summed E-state index contributed by atoms with van der Waals surface area (Å²) in [5.74, 6) is -0.998. The first-order valence-electron chi connectivity index (χ1n) is 7.04. The minimum absolute atomic E-state index is 0.103. The van der Waals surface area contributed by atoms with Gasteiger partial charge in [-0.25, -0.2) is 22.5 Å². The van der Waals surface area contributed by atoms with Crippen LogP contribution in [0, 0.1) is 11.2 Å². The molecule has 23 heavy (non-hydrogen) atoms. The van der Waals surface area contributed by atoms with E-state index in [1.165, 1.54) is 19.2 Å². The average Bonchev–Trinajstić information content (AvgIpc) is 3.14. The van der Waals surface area contributed by atoms with Crippen molar-refractivity contribution in [3.63, 3.8) is 0 Å². The smallest absolute Gasteiger partial charge is 0.312 e. The molecule has 1 fully saturated rings. The van der Waals surface area contributed by atoms with Crippen LogP contribution in [-0.2, 0) is 26.1 Å². The van der Waals surface area contributed by atoms with Crippen LogP contribution in [0.25, 0.3) is 11.0 Å². The zero-order chi connectivity index (χ0) is 16.7. The number of nitrogens with zero attached hydrogens (tertiary/aromatic N) is 1. The van der Waals surface area contributed by atoms with Crippen LogP contribution in [0.5, 0.6) is 0 Å². The van der Waals surface area contributed by atoms with E-state index in [0.717, 1.165) is 0 Å². The Morgan fingerprint density at radius 3 is 2.83 bits per heavy atom. The number of carbonyl (C=O) groups is 1. The lowest BCUT2D eigenvalue weighted by Crippen LogP contribution is -2.34. The summed E-state index contributed by atoms with van der Waals surface area (Å²) in [6, 6.07) is 4.47. The summed E-state index contributed by atoms with van der Waals surface area (Å²) < 4.78 is 44.8. The molecule has 0 bridgehead atoms. The van der Waals surface area contributed by atoms with Crippen LogP contribution >= 0.6 is 0 Å². The second kappa shape index (κ2) is 5.57. The van der Waals surface area contributed by atoms with Crippen LogP contribution in [0.3, 0.4) is 0 Å². The molecular weight excluding hydrogens is 325 g/mol. The van der Waals surface area contributed by atoms with Crippen LogP contribution in [0.1, 0.15) is 18.7 Å². The number of para-hydroxylation sites is 1. The Bertz CT molecular complexity index is 858. The fraction of sp³-hybridized carbons (Fsp3) is 0.429. The maximum atomic E-state index is 13.6. The number of ether oxygens (including phenoxy) is 1. The van der Waals surface area contributed by atoms with Gasteiger partial charge in [0.1, 0.15) is 11.3 Å². The van der Waals surface area contributed by atoms with E-state index in [9.17, 15) is 17.6 Å². The van der Waals surface area contributed by atoms with Gasteiger partial charge < -0.3 is 9.72 Å². The Hall–Kier alpha value is -2.00. The number of carbonyl (C=O) groups excluding carboxylic acids is 1. The molecule has 0 atom stereocenters. The Labute approximate surface area is 132 Å². The number of imidazole rings is 1. The van der Waals surface area contributed by atoms with Gasteiger partial charge in [-0.3, -0.25) is 4.79 Å². The van der Waals surface area contributed by atoms with E-state index in [2.05, 4.69) is 19.4 Å². The number of rotatable bonds is 6. The van der Waals surface area contributed by atoms with Crippen molar-refractivity contribution in [2.24, 2.45) is 5.41 Å². The lowest BCUT2D eigenvalue weighted by atomic mass is 10.1. The van der Waals surface area contributed by atoms with E-state index >= 15 is 0 Å². The molecule has 9 heteroatoms. The number of hydrogen-bond acceptors (Lipinski definition) is 5. The second-order valence-corrected chi connectivity index (χ2v) is 7.48. The number of fused-ring (bicyclic) bond motifs is 1. The molecule has 124 valence electrons. The van der Waals surface area contributed by atoms with Crippen molar-refractivity contribution in [3.05, 3.63) is 29.8 Å². The fourth-order valence-electron chi connectivity index (χ4n) is 2.50. The average molecular weight is 341 g/mol. The van der Waals surface area contributed by atoms with E-state index in [0.29, 0.717) is 24.2 Å². The Morgan fingerprint density at radius 1 is 1.48 bits per heavy atom. The highest BCUT2D eigenvalue weighted by atomic mass is 32.2. The van der Waals surface area contributed by atoms with Gasteiger partial charge in [0, 0.05) is 0 Å². The number of aromatic amines is 1. The highest BCUT2D eigenvalue weighted by Gasteiger charge is 2.53. The van der Waals surface area contributed by atoms with Crippen LogP contribution in [0.4, 0.5) is 4.39 Å². The molecule has 3 rings (SSSR count). The number of methoxy groups -OCH3 is 1. The summed E-state index contributed by atoms with van der Waals surface area (Å²) in [4.78, 5) is 18.5. The summed E-state index contributed by atoms with van der Waals surface area (Å²) in [5, 5.41) is 0. The van der Waals surface area contributed by atoms with Gasteiger partial charge in [0.15, 0.2) is 5.82 Å². The molecular formula is C14H16FN3O4S. The zero-order valence-electron chi connectivity index (χ0n) is 12.4. The van der Waals surface area contributed by atoms with Crippen molar-refractivity contribution in [2.45, 2.75) is 19.4 Å². The van der Waals surface area contributed by atoms with Gasteiger partial charge in [-0.05, 0) is 25.0 Å². The molecule has 1 aromatic heterocycles. The normalized spacial score (nSPS) is 16.4. The molecule has 7 nitrogen and oxygen atoms in total. The lowest BCUT2D eigenvalue weighted by molar-refractivity contribution is -0.146. The SMILES string of the molecule is COC(=O)C1(CS(=O)(=O)NCc2nc3c(F)cccc3[nH]2)CC1. The molecule has 1 aliphatic rings. The number of sulfonamides is 1. The van der Waals surface area contributed by atoms with Gasteiger partial charge >= 0.3 is 5.97 Å². The number of hydrogen-bond donors (Lipinski definition) is 2. The zero-order valence-corrected chi connectivity index (χ0v) is 13.2. The molecule has 1 heterocycles. The summed E-state index contributed by atoms with van der Waals surface area (Å²) >= 11 is 0. The molecule has 1 saturated carbocycles. The first kappa shape index (κ1) is 15.9. The van der Waals surface area contributed by atoms with E-state index in [-0.39, 0.29) is 17.8 Å². The third-order valence-electron chi connectivity index (χ3n) is 3.91. The van der Waals surface area contributed by atoms with E-state index in [1.54, 1.807) is 6.07 Å². The molecule has 0 unspecified atom stereocenters. The van der Waals surface area contributed by atoms with Gasteiger partial charge in [-0.15, -0.1) is 0 Å². The van der Waals surface area contributed by atoms with Crippen molar-refractivity contribution in [1.82, 2.24) is 14.7 Å². The van der Waals surface area contributed by atoms with Crippen LogP contribution in [0.2, 0.25) is 0 Å². The lowest BCUT2D eigenvalue weighted by Gasteiger charge is -2.13. The number of aromatic nitrogens is 2. The highest BCUT2D eigenvalue weighted by Crippen LogP contribution is 2.47. The molecule has 1 aromatic carbocycles. The Kier molecular flexibility index (Phi) is 3.85. The molecule has 0 amide bonds. The maximum absolute atomic E-state index is 13.6. The van der Waals surface area contributed by atoms with Crippen LogP contribution in [0.15, 0.2) is 18.2 Å². The first-order valence-corrected chi connectivity index (χ1v) is 8.69. The van der Waals surface area contributed by atoms with E-state index in [1.807, 2.05) is 0 Å². The van der Waals surface area contributed by atoms with Gasteiger partial charge in [0.05, 0.1) is 30.3 Å². The quantitative estimate of drug-likeness (QED) is 0.766. The topological polar surface area (TPSA) is 101 Å². The summed E-state index contributed by atoms with van der Waals surface area (Å²) in [6.45, 7) is -0.103. The van der Waals surface area contributed by atoms with Crippen molar-refractivity contribution in [2.75, 3.05) is 12.9 Å². The fourth-order valence-corrected chi connectivity index (χ4v) is 4.09. The van der Waals surface area contributed by atoms with Crippen LogP contribution < -0.4 is 4.72 Å². The van der Waals surface area contributed by atoms with Crippen molar-refractivity contribution < 1.29 is 22.3 Å². The number of benzene rings is 1. The number of nitrogens with one attached hydrogen (secondary N) is 2. The number of esters is 1. The van der Waals surface area contributed by atoms with Crippen molar-refractivity contribution in [3.8, 4) is 0 Å². The largest absolute Gasteiger partial charge is 0.469 e. The monoisotopic (exact) mass is 341 g/mol. The second-order valence-electron chi connectivity index (χ2n) is 5.67. The molecule has 0 aliphatic heterocycles. The summed E-state index contributed by atoms with van der Waals surface area (Å²) in [5.41, 5.74) is -0.275. The number of H-pyrrole nitrogens is 1. The molecule has 2 aromatic rings. The predicted octanol–water partition coefficient (Wildman–Crippen LogP) is 1.07. The highest BCUT2D eigenvalue weighted by molar-refractivity contribution is 7.89. The predicted molar refractivity (Wildman–Crippen MR) is 80.4 cm³/mol. The van der Waals surface area contributed by atoms with Gasteiger partial charge in [0.2, 0.25) is 10.0 Å². The van der Waals surface area contributed by atoms with E-state index in [4.69, 9.17) is 0 Å². The Morgan fingerprint density at radius 2 is 2.22 bits per heavy atom. The minimum Gasteiger partial charge on any atom is -0.469 e. The number of halogens is 1. The summed E-state index contributed by atoms with van der Waals surface area (Å²) in [7, 11) is -2.44. The standard InChI is InChI=1S/C14H16FN3O4S/c1-22-13(19)14(5-6-14)8-23(20,21)16-7-11-17-10-4-2-3-9(15)12(10)18-11/h2-4,16H,5-8H2,1H3,(H,17,18). The molecule has 1 aliphatic carbocycles. The Balaban J connectivity index is 1.69. The maximum Gasteiger partial charge on any atom is 0.312 e. The van der Waals surface area contributed by atoms with Gasteiger partial charge in [-0.1, -0.05) is 6.07 Å². The summed E-state index contributed by atoms with van der Waals surface area (Å²) in [6.07, 6.45) is 0.993. The van der Waals surface area contributed by atoms with Crippen molar-refractivity contribution >= 4 is 27.0 Å². The third-order valence-corrected chi connectivity index (χ3v) is 5.43. The minimum atomic E-state index is -3.68. The third kappa shape index (κ3) is 3.20. The molecule has 2 N–H and O–H groups in total. The molecule has 0 spiro atoms. The molecule has 0 radical (unpaired) electrons. The van der Waals surface area contributed by atoms with Gasteiger partial charge in [0.25, 0.3) is 0 Å². The van der Waals surface area contributed by atoms with E-state index < -0.39 is 27.2 Å². The van der Waals surface area contributed by atoms with Crippen LogP contribution in [-0.4, -0.2) is 37.2 Å². The van der Waals surface area contributed by atoms with Gasteiger partial charge in [-0.2, -0.15) is 0 Å². The first-order chi connectivity index (χ1) is 10.9.